The highest BCUT2D eigenvalue weighted by Gasteiger charge is 2.01. The zero-order valence-corrected chi connectivity index (χ0v) is 7.77. The van der Waals surface area contributed by atoms with Crippen molar-refractivity contribution in [3.05, 3.63) is 29.8 Å². The van der Waals surface area contributed by atoms with Crippen molar-refractivity contribution >= 4 is 6.21 Å². The van der Waals surface area contributed by atoms with Gasteiger partial charge >= 0.3 is 0 Å². The number of hydrogen-bond acceptors (Lipinski definition) is 3. The van der Waals surface area contributed by atoms with E-state index in [1.54, 1.807) is 0 Å². The highest BCUT2D eigenvalue weighted by Crippen LogP contribution is 2.17. The molecule has 0 spiro atoms. The lowest BCUT2D eigenvalue weighted by atomic mass is 10.2. The number of rotatable bonds is 3. The first-order valence-electron chi connectivity index (χ1n) is 4.17. The number of nitrogens with zero attached hydrogens (tertiary/aromatic N) is 1. The molecule has 0 heterocycles. The van der Waals surface area contributed by atoms with Gasteiger partial charge in [-0.05, 0) is 26.0 Å². The van der Waals surface area contributed by atoms with Crippen molar-refractivity contribution < 1.29 is 9.94 Å². The highest BCUT2D eigenvalue weighted by molar-refractivity contribution is 5.82. The maximum atomic E-state index is 8.39. The summed E-state index contributed by atoms with van der Waals surface area (Å²) in [4.78, 5) is 0. The average molecular weight is 179 g/mol. The number of oxime groups is 1. The second kappa shape index (κ2) is 4.50. The molecule has 1 aromatic rings. The van der Waals surface area contributed by atoms with Crippen LogP contribution in [0.5, 0.6) is 5.75 Å². The average Bonchev–Trinajstić information content (AvgIpc) is 2.08. The zero-order valence-electron chi connectivity index (χ0n) is 7.77. The fourth-order valence-electron chi connectivity index (χ4n) is 1.01. The Balaban J connectivity index is 2.90. The first-order chi connectivity index (χ1) is 6.24. The van der Waals surface area contributed by atoms with E-state index in [-0.39, 0.29) is 6.10 Å². The number of hydrogen-bond donors (Lipinski definition) is 1. The minimum absolute atomic E-state index is 0.119. The van der Waals surface area contributed by atoms with Crippen LogP contribution in [0, 0.1) is 0 Å². The fourth-order valence-corrected chi connectivity index (χ4v) is 1.01. The molecule has 0 bridgehead atoms. The third-order valence-corrected chi connectivity index (χ3v) is 1.48. The van der Waals surface area contributed by atoms with Crippen LogP contribution >= 0.6 is 0 Å². The Labute approximate surface area is 77.6 Å². The van der Waals surface area contributed by atoms with E-state index < -0.39 is 0 Å². The Morgan fingerprint density at radius 3 is 2.69 bits per heavy atom. The van der Waals surface area contributed by atoms with Gasteiger partial charge in [0, 0.05) is 5.56 Å². The molecule has 13 heavy (non-hydrogen) atoms. The van der Waals surface area contributed by atoms with Crippen molar-refractivity contribution in [2.45, 2.75) is 20.0 Å². The molecule has 0 aliphatic heterocycles. The molecule has 0 aliphatic carbocycles. The van der Waals surface area contributed by atoms with E-state index in [9.17, 15) is 0 Å². The van der Waals surface area contributed by atoms with Crippen LogP contribution in [0.15, 0.2) is 29.4 Å². The van der Waals surface area contributed by atoms with Crippen molar-refractivity contribution in [3.8, 4) is 5.75 Å². The summed E-state index contributed by atoms with van der Waals surface area (Å²) in [5.74, 6) is 0.732. The topological polar surface area (TPSA) is 41.8 Å². The Morgan fingerprint density at radius 1 is 1.38 bits per heavy atom. The predicted molar refractivity (Wildman–Crippen MR) is 51.6 cm³/mol. The molecule has 0 aromatic heterocycles. The van der Waals surface area contributed by atoms with Crippen molar-refractivity contribution in [3.63, 3.8) is 0 Å². The molecule has 1 rings (SSSR count). The Bertz CT molecular complexity index is 295. The summed E-state index contributed by atoms with van der Waals surface area (Å²) in [5, 5.41) is 11.4. The number of benzene rings is 1. The standard InChI is InChI=1S/C10H13NO2/c1-8(2)13-10-6-4-3-5-9(10)7-11-12/h3-8,12H,1-2H3. The Kier molecular flexibility index (Phi) is 3.31. The normalized spacial score (nSPS) is 11.0. The lowest BCUT2D eigenvalue weighted by Gasteiger charge is -2.11. The lowest BCUT2D eigenvalue weighted by molar-refractivity contribution is 0.242. The molecule has 0 saturated carbocycles. The fraction of sp³-hybridized carbons (Fsp3) is 0.300. The zero-order chi connectivity index (χ0) is 9.68. The maximum Gasteiger partial charge on any atom is 0.128 e. The summed E-state index contributed by atoms with van der Waals surface area (Å²) in [5.41, 5.74) is 0.777. The summed E-state index contributed by atoms with van der Waals surface area (Å²) >= 11 is 0. The molecule has 3 heteroatoms. The van der Waals surface area contributed by atoms with Gasteiger partial charge in [-0.25, -0.2) is 0 Å². The van der Waals surface area contributed by atoms with Crippen LogP contribution in [0.3, 0.4) is 0 Å². The van der Waals surface area contributed by atoms with Gasteiger partial charge in [-0.15, -0.1) is 0 Å². The van der Waals surface area contributed by atoms with Crippen LogP contribution in [0.1, 0.15) is 19.4 Å². The second-order valence-corrected chi connectivity index (χ2v) is 2.95. The number of ether oxygens (including phenoxy) is 1. The molecule has 3 nitrogen and oxygen atoms in total. The smallest absolute Gasteiger partial charge is 0.128 e. The van der Waals surface area contributed by atoms with Crippen LogP contribution in [-0.2, 0) is 0 Å². The van der Waals surface area contributed by atoms with Gasteiger partial charge in [0.25, 0.3) is 0 Å². The molecular formula is C10H13NO2. The molecule has 0 unspecified atom stereocenters. The minimum Gasteiger partial charge on any atom is -0.490 e. The van der Waals surface area contributed by atoms with Crippen LogP contribution in [0.25, 0.3) is 0 Å². The van der Waals surface area contributed by atoms with Gasteiger partial charge in [-0.2, -0.15) is 0 Å². The van der Waals surface area contributed by atoms with E-state index >= 15 is 0 Å². The Morgan fingerprint density at radius 2 is 2.08 bits per heavy atom. The molecule has 0 saturated heterocycles. The predicted octanol–water partition coefficient (Wildman–Crippen LogP) is 2.28. The van der Waals surface area contributed by atoms with Gasteiger partial charge in [0.15, 0.2) is 0 Å². The highest BCUT2D eigenvalue weighted by atomic mass is 16.5. The van der Waals surface area contributed by atoms with Crippen LogP contribution in [-0.4, -0.2) is 17.5 Å². The molecule has 0 aliphatic rings. The largest absolute Gasteiger partial charge is 0.490 e. The van der Waals surface area contributed by atoms with Crippen LogP contribution in [0.4, 0.5) is 0 Å². The first kappa shape index (κ1) is 9.58. The van der Waals surface area contributed by atoms with Gasteiger partial charge in [0.05, 0.1) is 12.3 Å². The third-order valence-electron chi connectivity index (χ3n) is 1.48. The molecule has 0 atom stereocenters. The molecule has 0 radical (unpaired) electrons. The molecule has 1 N–H and O–H groups in total. The molecular weight excluding hydrogens is 166 g/mol. The molecule has 0 fully saturated rings. The number of para-hydroxylation sites is 1. The SMILES string of the molecule is CC(C)Oc1ccccc1C=NO. The summed E-state index contributed by atoms with van der Waals surface area (Å²) in [6.45, 7) is 3.90. The van der Waals surface area contributed by atoms with Crippen molar-refractivity contribution in [1.82, 2.24) is 0 Å². The summed E-state index contributed by atoms with van der Waals surface area (Å²) in [6.07, 6.45) is 1.48. The van der Waals surface area contributed by atoms with Gasteiger partial charge in [-0.3, -0.25) is 0 Å². The third kappa shape index (κ3) is 2.78. The minimum atomic E-state index is 0.119. The van der Waals surface area contributed by atoms with E-state index in [4.69, 9.17) is 9.94 Å². The lowest BCUT2D eigenvalue weighted by Crippen LogP contribution is -2.07. The van der Waals surface area contributed by atoms with Crippen LogP contribution in [0.2, 0.25) is 0 Å². The maximum absolute atomic E-state index is 8.39. The summed E-state index contributed by atoms with van der Waals surface area (Å²) in [6, 6.07) is 7.42. The molecule has 1 aromatic carbocycles. The second-order valence-electron chi connectivity index (χ2n) is 2.95. The van der Waals surface area contributed by atoms with Gasteiger partial charge in [0.1, 0.15) is 5.75 Å². The van der Waals surface area contributed by atoms with Gasteiger partial charge in [0.2, 0.25) is 0 Å². The van der Waals surface area contributed by atoms with Crippen molar-refractivity contribution in [2.75, 3.05) is 0 Å². The van der Waals surface area contributed by atoms with E-state index in [0.717, 1.165) is 11.3 Å². The quantitative estimate of drug-likeness (QED) is 0.439. The van der Waals surface area contributed by atoms with E-state index in [1.165, 1.54) is 6.21 Å². The molecule has 0 amide bonds. The van der Waals surface area contributed by atoms with Gasteiger partial charge in [-0.1, -0.05) is 17.3 Å². The first-order valence-corrected chi connectivity index (χ1v) is 4.17. The summed E-state index contributed by atoms with van der Waals surface area (Å²) in [7, 11) is 0. The van der Waals surface area contributed by atoms with Crippen molar-refractivity contribution in [2.24, 2.45) is 5.16 Å². The van der Waals surface area contributed by atoms with Crippen LogP contribution < -0.4 is 4.74 Å². The van der Waals surface area contributed by atoms with Crippen molar-refractivity contribution in [1.29, 1.82) is 0 Å². The van der Waals surface area contributed by atoms with Gasteiger partial charge < -0.3 is 9.94 Å². The summed E-state index contributed by atoms with van der Waals surface area (Å²) < 4.78 is 5.50. The van der Waals surface area contributed by atoms with E-state index in [2.05, 4.69) is 5.16 Å². The molecule has 70 valence electrons. The Hall–Kier alpha value is -1.51. The van der Waals surface area contributed by atoms with E-state index in [0.29, 0.717) is 0 Å². The van der Waals surface area contributed by atoms with E-state index in [1.807, 2.05) is 38.1 Å². The monoisotopic (exact) mass is 179 g/mol.